The van der Waals surface area contributed by atoms with E-state index in [4.69, 9.17) is 9.47 Å². The van der Waals surface area contributed by atoms with Gasteiger partial charge in [0.15, 0.2) is 6.61 Å². The zero-order valence-corrected chi connectivity index (χ0v) is 15.2. The normalized spacial score (nSPS) is 14.2. The van der Waals surface area contributed by atoms with Crippen molar-refractivity contribution in [2.75, 3.05) is 39.4 Å². The molecule has 6 heteroatoms. The number of carbonyl (C=O) groups excluding carboxylic acids is 2. The molecule has 0 aliphatic carbocycles. The maximum absolute atomic E-state index is 12.4. The summed E-state index contributed by atoms with van der Waals surface area (Å²) in [5.41, 5.74) is 3.22. The van der Waals surface area contributed by atoms with Crippen molar-refractivity contribution in [3.05, 3.63) is 41.5 Å². The van der Waals surface area contributed by atoms with Crippen molar-refractivity contribution < 1.29 is 19.1 Å². The quantitative estimate of drug-likeness (QED) is 0.769. The van der Waals surface area contributed by atoms with Crippen LogP contribution in [0.5, 0.6) is 5.75 Å². The van der Waals surface area contributed by atoms with Gasteiger partial charge in [-0.2, -0.15) is 0 Å². The lowest BCUT2D eigenvalue weighted by atomic mass is 10.1. The molecular formula is C19H26N2O4. The molecule has 2 amide bonds. The molecular weight excluding hydrogens is 320 g/mol. The summed E-state index contributed by atoms with van der Waals surface area (Å²) in [5, 5.41) is 0. The Kier molecular flexibility index (Phi) is 6.44. The third kappa shape index (κ3) is 4.75. The molecule has 1 saturated heterocycles. The molecule has 0 bridgehead atoms. The molecule has 1 aromatic rings. The lowest BCUT2D eigenvalue weighted by Gasteiger charge is -2.34. The van der Waals surface area contributed by atoms with Gasteiger partial charge in [0, 0.05) is 26.2 Å². The molecule has 1 fully saturated rings. The Balaban J connectivity index is 1.84. The first-order chi connectivity index (χ1) is 11.9. The van der Waals surface area contributed by atoms with Crippen molar-refractivity contribution >= 4 is 12.0 Å². The van der Waals surface area contributed by atoms with Crippen LogP contribution < -0.4 is 4.74 Å². The van der Waals surface area contributed by atoms with E-state index in [1.54, 1.807) is 9.80 Å². The Hall–Kier alpha value is -2.50. The number of hydrogen-bond acceptors (Lipinski definition) is 4. The van der Waals surface area contributed by atoms with Gasteiger partial charge < -0.3 is 19.3 Å². The molecule has 1 aliphatic heterocycles. The van der Waals surface area contributed by atoms with Crippen molar-refractivity contribution in [2.45, 2.75) is 20.8 Å². The van der Waals surface area contributed by atoms with Crippen LogP contribution in [0.4, 0.5) is 4.79 Å². The fraction of sp³-hybridized carbons (Fsp3) is 0.474. The van der Waals surface area contributed by atoms with E-state index in [0.29, 0.717) is 26.2 Å². The van der Waals surface area contributed by atoms with Crippen LogP contribution in [0.3, 0.4) is 0 Å². The largest absolute Gasteiger partial charge is 0.483 e. The van der Waals surface area contributed by atoms with E-state index in [9.17, 15) is 9.59 Å². The molecule has 136 valence electrons. The van der Waals surface area contributed by atoms with Gasteiger partial charge >= 0.3 is 6.09 Å². The Morgan fingerprint density at radius 2 is 1.68 bits per heavy atom. The summed E-state index contributed by atoms with van der Waals surface area (Å²) in [5.74, 6) is 0.708. The highest BCUT2D eigenvalue weighted by Crippen LogP contribution is 2.25. The molecule has 0 unspecified atom stereocenters. The van der Waals surface area contributed by atoms with E-state index in [1.807, 2.05) is 32.9 Å². The minimum Gasteiger partial charge on any atom is -0.483 e. The van der Waals surface area contributed by atoms with Crippen molar-refractivity contribution in [3.8, 4) is 5.75 Å². The fourth-order valence-electron chi connectivity index (χ4n) is 2.73. The highest BCUT2D eigenvalue weighted by Gasteiger charge is 2.25. The lowest BCUT2D eigenvalue weighted by molar-refractivity contribution is -0.134. The number of amides is 2. The Labute approximate surface area is 149 Å². The molecule has 1 aromatic carbocycles. The van der Waals surface area contributed by atoms with Gasteiger partial charge in [-0.25, -0.2) is 4.79 Å². The van der Waals surface area contributed by atoms with Gasteiger partial charge in [0.05, 0.1) is 0 Å². The third-order valence-electron chi connectivity index (χ3n) is 4.43. The summed E-state index contributed by atoms with van der Waals surface area (Å²) in [7, 11) is 0. The second kappa shape index (κ2) is 8.55. The van der Waals surface area contributed by atoms with Gasteiger partial charge in [-0.1, -0.05) is 24.8 Å². The Morgan fingerprint density at radius 1 is 1.08 bits per heavy atom. The van der Waals surface area contributed by atoms with Crippen LogP contribution in [0.25, 0.3) is 0 Å². The zero-order valence-electron chi connectivity index (χ0n) is 15.2. The maximum atomic E-state index is 12.4. The average molecular weight is 346 g/mol. The topological polar surface area (TPSA) is 59.1 Å². The zero-order chi connectivity index (χ0) is 18.4. The first-order valence-electron chi connectivity index (χ1n) is 8.44. The number of carbonyl (C=O) groups is 2. The molecule has 0 atom stereocenters. The Morgan fingerprint density at radius 3 is 2.32 bits per heavy atom. The minimum absolute atomic E-state index is 0.00600. The van der Waals surface area contributed by atoms with Crippen molar-refractivity contribution in [2.24, 2.45) is 0 Å². The van der Waals surface area contributed by atoms with Crippen LogP contribution in [-0.2, 0) is 9.53 Å². The smallest absolute Gasteiger partial charge is 0.410 e. The summed E-state index contributed by atoms with van der Waals surface area (Å²) in [4.78, 5) is 27.5. The van der Waals surface area contributed by atoms with Crippen LogP contribution in [0.1, 0.15) is 16.7 Å². The predicted molar refractivity (Wildman–Crippen MR) is 95.8 cm³/mol. The molecule has 1 aliphatic rings. The monoisotopic (exact) mass is 346 g/mol. The molecule has 0 saturated carbocycles. The molecule has 25 heavy (non-hydrogen) atoms. The minimum atomic E-state index is -0.366. The lowest BCUT2D eigenvalue weighted by Crippen LogP contribution is -2.51. The summed E-state index contributed by atoms with van der Waals surface area (Å²) in [6.07, 6.45) is 1.17. The molecule has 0 N–H and O–H groups in total. The summed E-state index contributed by atoms with van der Waals surface area (Å²) in [6, 6.07) is 4.04. The summed E-state index contributed by atoms with van der Waals surface area (Å²) in [6.45, 7) is 11.6. The Bertz CT molecular complexity index is 649. The third-order valence-corrected chi connectivity index (χ3v) is 4.43. The molecule has 0 aromatic heterocycles. The van der Waals surface area contributed by atoms with Gasteiger partial charge in [-0.15, -0.1) is 0 Å². The second-order valence-corrected chi connectivity index (χ2v) is 6.18. The van der Waals surface area contributed by atoms with E-state index in [-0.39, 0.29) is 25.2 Å². The molecule has 2 rings (SSSR count). The van der Waals surface area contributed by atoms with Gasteiger partial charge in [-0.05, 0) is 37.5 Å². The number of benzene rings is 1. The van der Waals surface area contributed by atoms with Crippen molar-refractivity contribution in [1.29, 1.82) is 0 Å². The highest BCUT2D eigenvalue weighted by atomic mass is 16.6. The molecule has 1 heterocycles. The van der Waals surface area contributed by atoms with E-state index in [0.717, 1.165) is 22.4 Å². The first kappa shape index (κ1) is 18.8. The van der Waals surface area contributed by atoms with Gasteiger partial charge in [0.25, 0.3) is 5.91 Å². The number of piperazine rings is 1. The van der Waals surface area contributed by atoms with Gasteiger partial charge in [0.2, 0.25) is 0 Å². The summed E-state index contributed by atoms with van der Waals surface area (Å²) >= 11 is 0. The number of rotatable bonds is 5. The number of aryl methyl sites for hydroxylation is 2. The predicted octanol–water partition coefficient (Wildman–Crippen LogP) is 2.46. The average Bonchev–Trinajstić information content (AvgIpc) is 2.62. The van der Waals surface area contributed by atoms with Crippen LogP contribution in [0.2, 0.25) is 0 Å². The standard InChI is InChI=1S/C19H26N2O4/c1-5-12-24-19(23)21-10-8-20(9-11-21)17(22)13-25-18-15(3)7-6-14(2)16(18)4/h5-7H,1,8-13H2,2-4H3. The number of nitrogens with zero attached hydrogens (tertiary/aromatic N) is 2. The van der Waals surface area contributed by atoms with Crippen molar-refractivity contribution in [3.63, 3.8) is 0 Å². The van der Waals surface area contributed by atoms with Crippen LogP contribution in [-0.4, -0.2) is 61.2 Å². The van der Waals surface area contributed by atoms with Crippen molar-refractivity contribution in [1.82, 2.24) is 9.80 Å². The molecule has 0 radical (unpaired) electrons. The van der Waals surface area contributed by atoms with Gasteiger partial charge in [-0.3, -0.25) is 4.79 Å². The van der Waals surface area contributed by atoms with E-state index in [2.05, 4.69) is 6.58 Å². The SMILES string of the molecule is C=CCOC(=O)N1CCN(C(=O)COc2c(C)ccc(C)c2C)CC1. The van der Waals surface area contributed by atoms with E-state index in [1.165, 1.54) is 6.08 Å². The van der Waals surface area contributed by atoms with E-state index < -0.39 is 0 Å². The van der Waals surface area contributed by atoms with Crippen LogP contribution in [0, 0.1) is 20.8 Å². The van der Waals surface area contributed by atoms with Gasteiger partial charge in [0.1, 0.15) is 12.4 Å². The van der Waals surface area contributed by atoms with E-state index >= 15 is 0 Å². The number of ether oxygens (including phenoxy) is 2. The molecule has 6 nitrogen and oxygen atoms in total. The second-order valence-electron chi connectivity index (χ2n) is 6.18. The fourth-order valence-corrected chi connectivity index (χ4v) is 2.73. The molecule has 0 spiro atoms. The van der Waals surface area contributed by atoms with Crippen LogP contribution >= 0.6 is 0 Å². The maximum Gasteiger partial charge on any atom is 0.410 e. The first-order valence-corrected chi connectivity index (χ1v) is 8.44. The van der Waals surface area contributed by atoms with Crippen LogP contribution in [0.15, 0.2) is 24.8 Å². The number of hydrogen-bond donors (Lipinski definition) is 0. The highest BCUT2D eigenvalue weighted by molar-refractivity contribution is 5.78. The summed E-state index contributed by atoms with van der Waals surface area (Å²) < 4.78 is 10.8.